The van der Waals surface area contributed by atoms with Crippen molar-refractivity contribution in [2.75, 3.05) is 60.4 Å². The first-order valence-electron chi connectivity index (χ1n) is 21.3. The normalized spacial score (nSPS) is 42.3. The zero-order chi connectivity index (χ0) is 41.6. The fourth-order valence-electron chi connectivity index (χ4n) is 11.9. The van der Waals surface area contributed by atoms with Crippen molar-refractivity contribution in [3.05, 3.63) is 22.7 Å². The molecule has 2 unspecified atom stereocenters. The van der Waals surface area contributed by atoms with Gasteiger partial charge < -0.3 is 33.6 Å². The van der Waals surface area contributed by atoms with Gasteiger partial charge in [-0.15, -0.1) is 0 Å². The van der Waals surface area contributed by atoms with Crippen LogP contribution < -0.4 is 0 Å². The van der Waals surface area contributed by atoms with E-state index in [1.165, 1.54) is 0 Å². The lowest BCUT2D eigenvalue weighted by molar-refractivity contribution is -0.557. The van der Waals surface area contributed by atoms with Crippen LogP contribution in [0.3, 0.4) is 0 Å². The summed E-state index contributed by atoms with van der Waals surface area (Å²) >= 11 is 0. The van der Waals surface area contributed by atoms with E-state index in [1.54, 1.807) is 13.8 Å². The summed E-state index contributed by atoms with van der Waals surface area (Å²) in [6.45, 7) is 10.2. The number of likely N-dealkylation sites (N-methyl/N-ethyl adjacent to an activating group) is 2. The second-order valence-corrected chi connectivity index (χ2v) is 19.1. The molecule has 10 aliphatic rings. The van der Waals surface area contributed by atoms with E-state index < -0.39 is 71.1 Å². The fraction of sp³-hybridized carbons (Fsp3) is 0.902. The second kappa shape index (κ2) is 15.3. The molecule has 0 aromatic carbocycles. The molecule has 8 aliphatic heterocycles. The number of hydrogen-bond acceptors (Lipinski definition) is 11. The standard InChI is InChI=1S/C41H61F6N3O8/c1-24-10-12-30-26(32(40(42,43)44)51-34-38(30)28(24)14-16-36(3,53-34)55-57-38)22-49(6)20-8-18-48(5)19-9-21-50(7)23-27-31-13-11-25(2)29-15-17-37(4)54-35(39(29,31)58-56-37)52-33(27)41(45,46)47/h24-25,28-31,34-35H,8-23H2,1-7H3/t24-,25-,28?,29?,30+,31+,34-,35-,36-,37-,38-,39-/m1/s1. The van der Waals surface area contributed by atoms with Gasteiger partial charge in [-0.3, -0.25) is 0 Å². The Kier molecular flexibility index (Phi) is 11.3. The highest BCUT2D eigenvalue weighted by molar-refractivity contribution is 5.30. The van der Waals surface area contributed by atoms with Crippen molar-refractivity contribution in [2.45, 2.75) is 140 Å². The molecule has 4 bridgehead atoms. The van der Waals surface area contributed by atoms with Gasteiger partial charge in [0.1, 0.15) is 0 Å². The molecule has 0 N–H and O–H groups in total. The number of ether oxygens (including phenoxy) is 4. The van der Waals surface area contributed by atoms with Gasteiger partial charge in [0.05, 0.1) is 0 Å². The van der Waals surface area contributed by atoms with E-state index in [0.29, 0.717) is 77.5 Å². The summed E-state index contributed by atoms with van der Waals surface area (Å²) in [7, 11) is 5.62. The van der Waals surface area contributed by atoms with Crippen LogP contribution in [0.5, 0.6) is 0 Å². The maximum Gasteiger partial charge on any atom is 0.449 e. The lowest BCUT2D eigenvalue weighted by Gasteiger charge is -2.57. The molecule has 8 fully saturated rings. The van der Waals surface area contributed by atoms with Gasteiger partial charge >= 0.3 is 12.4 Å². The van der Waals surface area contributed by atoms with Crippen LogP contribution in [0.2, 0.25) is 0 Å². The maximum absolute atomic E-state index is 14.7. The molecule has 12 atom stereocenters. The molecule has 58 heavy (non-hydrogen) atoms. The Hall–Kier alpha value is -1.70. The summed E-state index contributed by atoms with van der Waals surface area (Å²) in [5.74, 6) is -5.15. The molecule has 2 spiro atoms. The van der Waals surface area contributed by atoms with E-state index in [0.717, 1.165) is 12.8 Å². The average molecular weight is 838 g/mol. The highest BCUT2D eigenvalue weighted by atomic mass is 19.4. The molecule has 0 aromatic heterocycles. The van der Waals surface area contributed by atoms with Gasteiger partial charge in [0.15, 0.2) is 11.2 Å². The number of allylic oxidation sites excluding steroid dienone is 2. The average Bonchev–Trinajstić information content (AvgIpc) is 3.51. The van der Waals surface area contributed by atoms with Gasteiger partial charge in [0.25, 0.3) is 0 Å². The quantitative estimate of drug-likeness (QED) is 0.143. The van der Waals surface area contributed by atoms with Gasteiger partial charge in [-0.25, -0.2) is 19.6 Å². The number of hydrogen-bond donors (Lipinski definition) is 0. The maximum atomic E-state index is 14.7. The van der Waals surface area contributed by atoms with E-state index >= 15 is 0 Å². The van der Waals surface area contributed by atoms with Crippen molar-refractivity contribution in [3.8, 4) is 0 Å². The molecule has 0 aromatic rings. The first-order valence-corrected chi connectivity index (χ1v) is 21.3. The number of rotatable bonds is 12. The minimum absolute atomic E-state index is 0.0645. The van der Waals surface area contributed by atoms with Crippen LogP contribution >= 0.6 is 0 Å². The number of halogens is 6. The smallest absolute Gasteiger partial charge is 0.449 e. The Morgan fingerprint density at radius 2 is 0.931 bits per heavy atom. The number of nitrogens with zero attached hydrogens (tertiary/aromatic N) is 3. The Morgan fingerprint density at radius 3 is 1.31 bits per heavy atom. The molecule has 0 radical (unpaired) electrons. The summed E-state index contributed by atoms with van der Waals surface area (Å²) in [4.78, 5) is 29.8. The predicted molar refractivity (Wildman–Crippen MR) is 196 cm³/mol. The van der Waals surface area contributed by atoms with Gasteiger partial charge in [-0.1, -0.05) is 13.8 Å². The van der Waals surface area contributed by atoms with Crippen molar-refractivity contribution in [1.29, 1.82) is 0 Å². The lowest BCUT2D eigenvalue weighted by atomic mass is 9.59. The molecule has 17 heteroatoms. The summed E-state index contributed by atoms with van der Waals surface area (Å²) < 4.78 is 112. The molecule has 10 rings (SSSR count). The Morgan fingerprint density at radius 1 is 0.552 bits per heavy atom. The van der Waals surface area contributed by atoms with Gasteiger partial charge in [-0.05, 0) is 136 Å². The summed E-state index contributed by atoms with van der Waals surface area (Å²) in [5.41, 5.74) is -1.93. The van der Waals surface area contributed by atoms with E-state index in [4.69, 9.17) is 38.5 Å². The van der Waals surface area contributed by atoms with Crippen LogP contribution in [0.25, 0.3) is 0 Å². The highest BCUT2D eigenvalue weighted by Crippen LogP contribution is 2.63. The molecule has 8 heterocycles. The molecule has 11 nitrogen and oxygen atoms in total. The zero-order valence-electron chi connectivity index (χ0n) is 34.8. The first-order chi connectivity index (χ1) is 27.2. The van der Waals surface area contributed by atoms with E-state index in [9.17, 15) is 26.3 Å². The molecule has 6 saturated heterocycles. The minimum atomic E-state index is -4.70. The van der Waals surface area contributed by atoms with E-state index in [-0.39, 0.29) is 47.9 Å². The molecule has 2 aliphatic carbocycles. The fourth-order valence-corrected chi connectivity index (χ4v) is 11.9. The third-order valence-corrected chi connectivity index (χ3v) is 14.9. The monoisotopic (exact) mass is 837 g/mol. The molecule has 0 amide bonds. The van der Waals surface area contributed by atoms with Crippen LogP contribution in [0.1, 0.15) is 91.9 Å². The Balaban J connectivity index is 0.867. The molecule has 330 valence electrons. The van der Waals surface area contributed by atoms with Crippen LogP contribution in [0.15, 0.2) is 22.7 Å². The van der Waals surface area contributed by atoms with Crippen molar-refractivity contribution >= 4 is 0 Å². The van der Waals surface area contributed by atoms with Crippen molar-refractivity contribution < 1.29 is 64.8 Å². The first kappa shape index (κ1) is 43.0. The van der Waals surface area contributed by atoms with Crippen molar-refractivity contribution in [3.63, 3.8) is 0 Å². The molecular weight excluding hydrogens is 776 g/mol. The number of alkyl halides is 6. The SMILES string of the molecule is C[C@@H]1CC[C@H]2C(CN(C)CCCN(C)CCCN(C)CC3=C(C(F)(F)F)O[C@@H]4O[C@@]5(C)CCC6[C@H](C)CC[C@@H]3[C@]64OO5)=C(C(F)(F)F)O[C@@H]3O[C@@]4(C)CCC1[C@]32OO4. The third-order valence-electron chi connectivity index (χ3n) is 14.9. The minimum Gasteiger partial charge on any atom is -0.456 e. The Bertz CT molecular complexity index is 1500. The van der Waals surface area contributed by atoms with Gasteiger partial charge in [-0.2, -0.15) is 26.3 Å². The molecular formula is C41H61F6N3O8. The van der Waals surface area contributed by atoms with E-state index in [1.807, 2.05) is 30.9 Å². The third kappa shape index (κ3) is 7.41. The molecule has 2 saturated carbocycles. The largest absolute Gasteiger partial charge is 0.456 e. The summed E-state index contributed by atoms with van der Waals surface area (Å²) in [6.07, 6.45) is -5.41. The van der Waals surface area contributed by atoms with E-state index in [2.05, 4.69) is 18.7 Å². The van der Waals surface area contributed by atoms with Crippen LogP contribution in [-0.2, 0) is 38.5 Å². The zero-order valence-corrected chi connectivity index (χ0v) is 34.8. The predicted octanol–water partition coefficient (Wildman–Crippen LogP) is 7.69. The van der Waals surface area contributed by atoms with Crippen molar-refractivity contribution in [1.82, 2.24) is 14.7 Å². The van der Waals surface area contributed by atoms with Crippen LogP contribution in [-0.4, -0.2) is 123 Å². The Labute approximate surface area is 337 Å². The second-order valence-electron chi connectivity index (χ2n) is 19.1. The summed E-state index contributed by atoms with van der Waals surface area (Å²) in [6, 6.07) is 0. The lowest BCUT2D eigenvalue weighted by Crippen LogP contribution is -2.67. The topological polar surface area (TPSA) is 83.6 Å². The van der Waals surface area contributed by atoms with Crippen LogP contribution in [0.4, 0.5) is 26.3 Å². The highest BCUT2D eigenvalue weighted by Gasteiger charge is 2.72. The van der Waals surface area contributed by atoms with Gasteiger partial charge in [0.2, 0.25) is 35.7 Å². The number of fused-ring (bicyclic) bond motifs is 4. The van der Waals surface area contributed by atoms with Crippen molar-refractivity contribution in [2.24, 2.45) is 35.5 Å². The van der Waals surface area contributed by atoms with Crippen LogP contribution in [0, 0.1) is 35.5 Å². The summed E-state index contributed by atoms with van der Waals surface area (Å²) in [5, 5.41) is 0. The van der Waals surface area contributed by atoms with Gasteiger partial charge in [0, 0.05) is 49.6 Å².